The molecule has 3 rings (SSSR count). The molecule has 2 aliphatic rings. The summed E-state index contributed by atoms with van der Waals surface area (Å²) in [4.78, 5) is 2.30. The summed E-state index contributed by atoms with van der Waals surface area (Å²) in [5.41, 5.74) is 4.25. The van der Waals surface area contributed by atoms with Crippen LogP contribution in [0.3, 0.4) is 0 Å². The topological polar surface area (TPSA) is 12.5 Å². The molecule has 68 valence electrons. The zero-order valence-electron chi connectivity index (χ0n) is 7.84. The van der Waals surface area contributed by atoms with E-state index in [1.54, 1.807) is 0 Å². The van der Waals surface area contributed by atoms with Gasteiger partial charge in [0.2, 0.25) is 0 Å². The Labute approximate surface area is 78.1 Å². The summed E-state index contributed by atoms with van der Waals surface area (Å²) >= 11 is 0. The highest BCUT2D eigenvalue weighted by Gasteiger charge is 2.21. The van der Waals surface area contributed by atoms with Crippen LogP contribution in [0.2, 0.25) is 0 Å². The summed E-state index contributed by atoms with van der Waals surface area (Å²) < 4.78 is 5.55. The van der Waals surface area contributed by atoms with Crippen LogP contribution in [0.25, 0.3) is 0 Å². The zero-order valence-corrected chi connectivity index (χ0v) is 7.84. The molecule has 0 atom stereocenters. The van der Waals surface area contributed by atoms with Crippen molar-refractivity contribution in [2.75, 3.05) is 25.1 Å². The second-order valence-electron chi connectivity index (χ2n) is 3.86. The third-order valence-electron chi connectivity index (χ3n) is 3.02. The zero-order chi connectivity index (χ0) is 8.84. The molecule has 1 aromatic carbocycles. The van der Waals surface area contributed by atoms with Crippen LogP contribution in [0, 0.1) is 0 Å². The molecule has 0 fully saturated rings. The van der Waals surface area contributed by atoms with Gasteiger partial charge in [-0.15, -0.1) is 0 Å². The molecule has 0 unspecified atom stereocenters. The minimum absolute atomic E-state index is 0.863. The third kappa shape index (κ3) is 0.947. The fourth-order valence-electron chi connectivity index (χ4n) is 2.23. The Morgan fingerprint density at radius 3 is 3.08 bits per heavy atom. The van der Waals surface area contributed by atoms with E-state index >= 15 is 0 Å². The van der Waals surface area contributed by atoms with E-state index < -0.39 is 0 Å². The van der Waals surface area contributed by atoms with Gasteiger partial charge in [0.05, 0.1) is 6.61 Å². The van der Waals surface area contributed by atoms with Crippen molar-refractivity contribution >= 4 is 5.69 Å². The number of benzene rings is 1. The molecule has 2 heterocycles. The van der Waals surface area contributed by atoms with E-state index in [0.717, 1.165) is 25.3 Å². The van der Waals surface area contributed by atoms with E-state index in [1.807, 2.05) is 0 Å². The van der Waals surface area contributed by atoms with Gasteiger partial charge in [-0.2, -0.15) is 0 Å². The highest BCUT2D eigenvalue weighted by atomic mass is 16.5. The number of hydrogen-bond donors (Lipinski definition) is 0. The molecule has 2 nitrogen and oxygen atoms in total. The van der Waals surface area contributed by atoms with Crippen LogP contribution in [0.4, 0.5) is 5.69 Å². The van der Waals surface area contributed by atoms with Gasteiger partial charge in [-0.05, 0) is 23.6 Å². The van der Waals surface area contributed by atoms with Gasteiger partial charge in [-0.1, -0.05) is 0 Å². The van der Waals surface area contributed by atoms with Crippen molar-refractivity contribution in [3.63, 3.8) is 0 Å². The first kappa shape index (κ1) is 7.25. The van der Waals surface area contributed by atoms with Crippen LogP contribution in [-0.2, 0) is 12.8 Å². The van der Waals surface area contributed by atoms with Gasteiger partial charge < -0.3 is 9.64 Å². The van der Waals surface area contributed by atoms with Crippen LogP contribution >= 0.6 is 0 Å². The molecular formula is C11H13NO. The van der Waals surface area contributed by atoms with Gasteiger partial charge in [0.15, 0.2) is 0 Å². The van der Waals surface area contributed by atoms with E-state index in [-0.39, 0.29) is 0 Å². The minimum atomic E-state index is 0.863. The van der Waals surface area contributed by atoms with Gasteiger partial charge in [-0.3, -0.25) is 0 Å². The SMILES string of the molecule is CN1CCc2cc3c(cc21)OCC3. The lowest BCUT2D eigenvalue weighted by atomic mass is 10.1. The molecule has 13 heavy (non-hydrogen) atoms. The Morgan fingerprint density at radius 2 is 2.15 bits per heavy atom. The number of ether oxygens (including phenoxy) is 1. The molecule has 0 saturated carbocycles. The summed E-state index contributed by atoms with van der Waals surface area (Å²) in [7, 11) is 2.15. The predicted molar refractivity (Wildman–Crippen MR) is 52.6 cm³/mol. The lowest BCUT2D eigenvalue weighted by molar-refractivity contribution is 0.357. The molecule has 0 amide bonds. The largest absolute Gasteiger partial charge is 0.493 e. The Morgan fingerprint density at radius 1 is 1.23 bits per heavy atom. The maximum atomic E-state index is 5.55. The van der Waals surface area contributed by atoms with Crippen molar-refractivity contribution in [3.05, 3.63) is 23.3 Å². The van der Waals surface area contributed by atoms with Crippen LogP contribution < -0.4 is 9.64 Å². The Hall–Kier alpha value is -1.18. The molecule has 0 spiro atoms. The summed E-state index contributed by atoms with van der Waals surface area (Å²) in [6.07, 6.45) is 2.28. The average molecular weight is 175 g/mol. The van der Waals surface area contributed by atoms with Gasteiger partial charge in [-0.25, -0.2) is 0 Å². The van der Waals surface area contributed by atoms with Gasteiger partial charge in [0, 0.05) is 31.8 Å². The fourth-order valence-corrected chi connectivity index (χ4v) is 2.23. The summed E-state index contributed by atoms with van der Waals surface area (Å²) in [5, 5.41) is 0. The smallest absolute Gasteiger partial charge is 0.124 e. The molecular weight excluding hydrogens is 162 g/mol. The standard InChI is InChI=1S/C11H13NO/c1-12-4-2-8-6-9-3-5-13-11(9)7-10(8)12/h6-7H,2-5H2,1H3. The molecule has 0 N–H and O–H groups in total. The van der Waals surface area contributed by atoms with Crippen molar-refractivity contribution in [3.8, 4) is 5.75 Å². The maximum absolute atomic E-state index is 5.55. The first-order valence-corrected chi connectivity index (χ1v) is 4.84. The van der Waals surface area contributed by atoms with Crippen LogP contribution in [0.15, 0.2) is 12.1 Å². The normalized spacial score (nSPS) is 18.4. The first-order chi connectivity index (χ1) is 6.34. The Balaban J connectivity index is 2.16. The number of nitrogens with zero attached hydrogens (tertiary/aromatic N) is 1. The van der Waals surface area contributed by atoms with E-state index in [1.165, 1.54) is 23.2 Å². The summed E-state index contributed by atoms with van der Waals surface area (Å²) in [6, 6.07) is 4.52. The quantitative estimate of drug-likeness (QED) is 0.594. The summed E-state index contributed by atoms with van der Waals surface area (Å²) in [6.45, 7) is 2.01. The Kier molecular flexibility index (Phi) is 1.34. The molecule has 0 aliphatic carbocycles. The molecule has 0 radical (unpaired) electrons. The van der Waals surface area contributed by atoms with Crippen molar-refractivity contribution in [1.29, 1.82) is 0 Å². The molecule has 0 saturated heterocycles. The first-order valence-electron chi connectivity index (χ1n) is 4.84. The maximum Gasteiger partial charge on any atom is 0.124 e. The van der Waals surface area contributed by atoms with Crippen LogP contribution in [0.1, 0.15) is 11.1 Å². The number of hydrogen-bond acceptors (Lipinski definition) is 2. The number of fused-ring (bicyclic) bond motifs is 2. The lowest BCUT2D eigenvalue weighted by Crippen LogP contribution is -2.12. The van der Waals surface area contributed by atoms with Gasteiger partial charge in [0.1, 0.15) is 5.75 Å². The van der Waals surface area contributed by atoms with Crippen molar-refractivity contribution < 1.29 is 4.74 Å². The second kappa shape index (κ2) is 2.41. The van der Waals surface area contributed by atoms with E-state index in [9.17, 15) is 0 Å². The van der Waals surface area contributed by atoms with Crippen molar-refractivity contribution in [1.82, 2.24) is 0 Å². The number of anilines is 1. The van der Waals surface area contributed by atoms with E-state index in [2.05, 4.69) is 24.1 Å². The van der Waals surface area contributed by atoms with Crippen LogP contribution in [0.5, 0.6) is 5.75 Å². The molecule has 1 aromatic rings. The Bertz CT molecular complexity index is 359. The average Bonchev–Trinajstić information content (AvgIpc) is 2.70. The third-order valence-corrected chi connectivity index (χ3v) is 3.02. The molecule has 2 aliphatic heterocycles. The highest BCUT2D eigenvalue weighted by molar-refractivity contribution is 5.63. The van der Waals surface area contributed by atoms with Crippen molar-refractivity contribution in [2.24, 2.45) is 0 Å². The van der Waals surface area contributed by atoms with Crippen molar-refractivity contribution in [2.45, 2.75) is 12.8 Å². The van der Waals surface area contributed by atoms with Crippen LogP contribution in [-0.4, -0.2) is 20.2 Å². The second-order valence-corrected chi connectivity index (χ2v) is 3.86. The van der Waals surface area contributed by atoms with Gasteiger partial charge in [0.25, 0.3) is 0 Å². The predicted octanol–water partition coefficient (Wildman–Crippen LogP) is 1.61. The van der Waals surface area contributed by atoms with E-state index in [4.69, 9.17) is 4.74 Å². The highest BCUT2D eigenvalue weighted by Crippen LogP contribution is 2.36. The van der Waals surface area contributed by atoms with Gasteiger partial charge >= 0.3 is 0 Å². The summed E-state index contributed by atoms with van der Waals surface area (Å²) in [5.74, 6) is 1.10. The monoisotopic (exact) mass is 175 g/mol. The molecule has 2 heteroatoms. The lowest BCUT2D eigenvalue weighted by Gasteiger charge is -2.12. The number of likely N-dealkylation sites (N-methyl/N-ethyl adjacent to an activating group) is 1. The molecule has 0 bridgehead atoms. The number of rotatable bonds is 0. The van der Waals surface area contributed by atoms with E-state index in [0.29, 0.717) is 0 Å². The fraction of sp³-hybridized carbons (Fsp3) is 0.455. The minimum Gasteiger partial charge on any atom is -0.493 e. The molecule has 0 aromatic heterocycles.